The number of ketones is 1. The Labute approximate surface area is 161 Å². The van der Waals surface area contributed by atoms with Crippen LogP contribution in [0.25, 0.3) is 6.08 Å². The summed E-state index contributed by atoms with van der Waals surface area (Å²) in [6.45, 7) is 2.11. The molecule has 0 aliphatic rings. The number of aromatic nitrogens is 2. The van der Waals surface area contributed by atoms with Crippen molar-refractivity contribution in [3.05, 3.63) is 68.7 Å². The molecular weight excluding hydrogens is 381 g/mol. The molecule has 7 nitrogen and oxygen atoms in total. The fourth-order valence-electron chi connectivity index (χ4n) is 2.20. The third-order valence-corrected chi connectivity index (χ3v) is 4.17. The molecule has 1 unspecified atom stereocenters. The van der Waals surface area contributed by atoms with E-state index in [9.17, 15) is 4.79 Å². The number of halogens is 2. The molecule has 0 spiro atoms. The molecule has 2 aromatic rings. The maximum absolute atomic E-state index is 12.5. The molecule has 1 N–H and O–H groups in total. The molecule has 140 valence electrons. The van der Waals surface area contributed by atoms with Crippen molar-refractivity contribution in [2.75, 3.05) is 0 Å². The molecule has 0 radical (unpaired) electrons. The second-order valence-electron chi connectivity index (χ2n) is 5.32. The van der Waals surface area contributed by atoms with Gasteiger partial charge in [0, 0.05) is 12.4 Å². The standard InChI is InChI=1S/C17H18Cl2N2O.HNO3/c1-2-3-4-16(21-10-9-20-12-21)17(22)8-6-13-5-7-14(18)15(19)11-13;2-1(3)4/h5-12,16H,2-4H2,1H3;(H,2,3,4). The van der Waals surface area contributed by atoms with Crippen LogP contribution in [0.4, 0.5) is 0 Å². The summed E-state index contributed by atoms with van der Waals surface area (Å²) in [5.74, 6) is 0.0533. The van der Waals surface area contributed by atoms with Crippen LogP contribution in [0.15, 0.2) is 43.0 Å². The molecule has 1 aromatic heterocycles. The van der Waals surface area contributed by atoms with Crippen LogP contribution in [0.5, 0.6) is 0 Å². The summed E-state index contributed by atoms with van der Waals surface area (Å²) in [7, 11) is 0. The molecule has 1 aromatic carbocycles. The van der Waals surface area contributed by atoms with Gasteiger partial charge in [-0.3, -0.25) is 4.79 Å². The minimum Gasteiger partial charge on any atom is -0.328 e. The number of benzene rings is 1. The normalized spacial score (nSPS) is 11.7. The minimum absolute atomic E-state index is 0.0533. The van der Waals surface area contributed by atoms with Gasteiger partial charge < -0.3 is 9.77 Å². The third-order valence-electron chi connectivity index (χ3n) is 3.43. The van der Waals surface area contributed by atoms with Crippen LogP contribution < -0.4 is 0 Å². The first-order chi connectivity index (χ1) is 12.3. The van der Waals surface area contributed by atoms with Gasteiger partial charge in [-0.15, -0.1) is 10.1 Å². The Morgan fingerprint density at radius 3 is 2.65 bits per heavy atom. The maximum Gasteiger partial charge on any atom is 0.291 e. The molecule has 2 rings (SSSR count). The lowest BCUT2D eigenvalue weighted by Crippen LogP contribution is -2.16. The summed E-state index contributed by atoms with van der Waals surface area (Å²) in [5, 5.41) is 14.6. The Bertz CT molecular complexity index is 744. The van der Waals surface area contributed by atoms with Gasteiger partial charge in [-0.25, -0.2) is 4.98 Å². The van der Waals surface area contributed by atoms with E-state index in [1.165, 1.54) is 0 Å². The highest BCUT2D eigenvalue weighted by Crippen LogP contribution is 2.23. The largest absolute Gasteiger partial charge is 0.328 e. The quantitative estimate of drug-likeness (QED) is 0.407. The average molecular weight is 400 g/mol. The van der Waals surface area contributed by atoms with E-state index in [1.54, 1.807) is 36.8 Å². The molecule has 1 heterocycles. The van der Waals surface area contributed by atoms with Crippen molar-refractivity contribution in [3.8, 4) is 0 Å². The molecule has 0 fully saturated rings. The summed E-state index contributed by atoms with van der Waals surface area (Å²) in [4.78, 5) is 24.9. The van der Waals surface area contributed by atoms with Gasteiger partial charge in [0.2, 0.25) is 0 Å². The SMILES string of the molecule is CCCCC(C(=O)C=Cc1ccc(Cl)c(Cl)c1)n1ccnc1.O=[N+]([O-])O. The summed E-state index contributed by atoms with van der Waals surface area (Å²) in [6, 6.07) is 5.09. The van der Waals surface area contributed by atoms with Gasteiger partial charge in [-0.1, -0.05) is 55.1 Å². The number of imidazole rings is 1. The van der Waals surface area contributed by atoms with E-state index in [-0.39, 0.29) is 11.8 Å². The van der Waals surface area contributed by atoms with E-state index < -0.39 is 5.09 Å². The van der Waals surface area contributed by atoms with Crippen LogP contribution in [0.1, 0.15) is 37.8 Å². The van der Waals surface area contributed by atoms with Gasteiger partial charge in [0.1, 0.15) is 0 Å². The number of rotatable bonds is 7. The lowest BCUT2D eigenvalue weighted by molar-refractivity contribution is -0.742. The van der Waals surface area contributed by atoms with Gasteiger partial charge in [0.05, 0.1) is 22.4 Å². The molecule has 0 bridgehead atoms. The molecule has 0 amide bonds. The highest BCUT2D eigenvalue weighted by molar-refractivity contribution is 6.42. The maximum atomic E-state index is 12.5. The van der Waals surface area contributed by atoms with Crippen LogP contribution in [0, 0.1) is 10.1 Å². The number of unbranched alkanes of at least 4 members (excludes halogenated alkanes) is 1. The zero-order valence-corrected chi connectivity index (χ0v) is 15.6. The van der Waals surface area contributed by atoms with E-state index in [0.29, 0.717) is 10.0 Å². The third kappa shape index (κ3) is 7.67. The topological polar surface area (TPSA) is 98.3 Å². The van der Waals surface area contributed by atoms with E-state index >= 15 is 0 Å². The minimum atomic E-state index is -1.50. The van der Waals surface area contributed by atoms with Gasteiger partial charge in [-0.2, -0.15) is 0 Å². The monoisotopic (exact) mass is 399 g/mol. The highest BCUT2D eigenvalue weighted by Gasteiger charge is 2.16. The molecular formula is C17H19Cl2N3O4. The molecule has 0 aliphatic heterocycles. The zero-order valence-electron chi connectivity index (χ0n) is 14.1. The van der Waals surface area contributed by atoms with Crippen LogP contribution in [0.3, 0.4) is 0 Å². The van der Waals surface area contributed by atoms with Crippen molar-refractivity contribution in [1.29, 1.82) is 0 Å². The first kappa shape index (κ1) is 21.7. The van der Waals surface area contributed by atoms with E-state index in [1.807, 2.05) is 16.8 Å². The van der Waals surface area contributed by atoms with E-state index in [4.69, 9.17) is 38.5 Å². The lowest BCUT2D eigenvalue weighted by Gasteiger charge is -2.15. The smallest absolute Gasteiger partial charge is 0.291 e. The van der Waals surface area contributed by atoms with Crippen molar-refractivity contribution < 1.29 is 15.1 Å². The number of allylic oxidation sites excluding steroid dienone is 1. The molecule has 26 heavy (non-hydrogen) atoms. The van der Waals surface area contributed by atoms with Gasteiger partial charge in [0.15, 0.2) is 5.78 Å². The second kappa shape index (κ2) is 11.3. The fraction of sp³-hybridized carbons (Fsp3) is 0.294. The number of carbonyl (C=O) groups excluding carboxylic acids is 1. The average Bonchev–Trinajstić information content (AvgIpc) is 3.10. The second-order valence-corrected chi connectivity index (χ2v) is 6.13. The predicted molar refractivity (Wildman–Crippen MR) is 100 cm³/mol. The molecule has 9 heteroatoms. The van der Waals surface area contributed by atoms with Crippen LogP contribution in [-0.4, -0.2) is 25.6 Å². The first-order valence-corrected chi connectivity index (χ1v) is 8.58. The first-order valence-electron chi connectivity index (χ1n) is 7.82. The van der Waals surface area contributed by atoms with Crippen molar-refractivity contribution in [1.82, 2.24) is 9.55 Å². The Morgan fingerprint density at radius 1 is 1.42 bits per heavy atom. The summed E-state index contributed by atoms with van der Waals surface area (Å²) < 4.78 is 1.86. The summed E-state index contributed by atoms with van der Waals surface area (Å²) in [5.41, 5.74) is 0.850. The van der Waals surface area contributed by atoms with Crippen LogP contribution >= 0.6 is 23.2 Å². The van der Waals surface area contributed by atoms with E-state index in [2.05, 4.69) is 11.9 Å². The van der Waals surface area contributed by atoms with E-state index in [0.717, 1.165) is 24.8 Å². The highest BCUT2D eigenvalue weighted by atomic mass is 35.5. The van der Waals surface area contributed by atoms with Crippen LogP contribution in [0.2, 0.25) is 10.0 Å². The number of hydrogen-bond acceptors (Lipinski definition) is 4. The Morgan fingerprint density at radius 2 is 2.12 bits per heavy atom. The summed E-state index contributed by atoms with van der Waals surface area (Å²) >= 11 is 11.9. The van der Waals surface area contributed by atoms with Gasteiger partial charge >= 0.3 is 0 Å². The van der Waals surface area contributed by atoms with Gasteiger partial charge in [-0.05, 0) is 30.2 Å². The van der Waals surface area contributed by atoms with Crippen molar-refractivity contribution in [2.45, 2.75) is 32.2 Å². The molecule has 0 aliphatic carbocycles. The number of nitrogens with zero attached hydrogens (tertiary/aromatic N) is 3. The van der Waals surface area contributed by atoms with Crippen LogP contribution in [-0.2, 0) is 4.79 Å². The number of carbonyl (C=O) groups is 1. The lowest BCUT2D eigenvalue weighted by atomic mass is 10.0. The van der Waals surface area contributed by atoms with Crippen molar-refractivity contribution in [2.24, 2.45) is 0 Å². The van der Waals surface area contributed by atoms with Crippen molar-refractivity contribution >= 4 is 35.1 Å². The zero-order chi connectivity index (χ0) is 19.5. The Hall–Kier alpha value is -2.38. The molecule has 0 saturated carbocycles. The predicted octanol–water partition coefficient (Wildman–Crippen LogP) is 4.86. The Balaban J connectivity index is 0.000000765. The summed E-state index contributed by atoms with van der Waals surface area (Å²) in [6.07, 6.45) is 11.4. The number of hydrogen-bond donors (Lipinski definition) is 1. The van der Waals surface area contributed by atoms with Crippen molar-refractivity contribution in [3.63, 3.8) is 0 Å². The molecule has 0 saturated heterocycles. The fourth-order valence-corrected chi connectivity index (χ4v) is 2.50. The van der Waals surface area contributed by atoms with Gasteiger partial charge in [0.25, 0.3) is 5.09 Å². The molecule has 1 atom stereocenters. The Kier molecular flexibility index (Phi) is 9.40.